The highest BCUT2D eigenvalue weighted by molar-refractivity contribution is 8.13. The second-order valence-electron chi connectivity index (χ2n) is 3.05. The van der Waals surface area contributed by atoms with Gasteiger partial charge in [0, 0.05) is 10.7 Å². The Morgan fingerprint density at radius 1 is 1.39 bits per heavy atom. The quantitative estimate of drug-likeness (QED) is 0.870. The molecule has 0 radical (unpaired) electrons. The molecule has 100 valence electrons. The van der Waals surface area contributed by atoms with E-state index in [0.29, 0.717) is 12.1 Å². The SMILES string of the molecule is CCOC(=O)Nc1c(F)cc(S(=O)(=O)Cl)cc1F. The van der Waals surface area contributed by atoms with Crippen LogP contribution in [0.5, 0.6) is 0 Å². The molecule has 1 N–H and O–H groups in total. The van der Waals surface area contributed by atoms with Crippen molar-refractivity contribution in [1.29, 1.82) is 0 Å². The Labute approximate surface area is 106 Å². The fourth-order valence-corrected chi connectivity index (χ4v) is 1.84. The number of rotatable bonds is 3. The molecule has 0 unspecified atom stereocenters. The van der Waals surface area contributed by atoms with Gasteiger partial charge in [-0.2, -0.15) is 0 Å². The minimum atomic E-state index is -4.26. The van der Waals surface area contributed by atoms with Crippen LogP contribution in [-0.2, 0) is 13.8 Å². The van der Waals surface area contributed by atoms with E-state index in [4.69, 9.17) is 10.7 Å². The van der Waals surface area contributed by atoms with Crippen molar-refractivity contribution >= 4 is 31.5 Å². The van der Waals surface area contributed by atoms with Gasteiger partial charge in [0.2, 0.25) is 0 Å². The fraction of sp³-hybridized carbons (Fsp3) is 0.222. The van der Waals surface area contributed by atoms with Gasteiger partial charge < -0.3 is 4.74 Å². The number of hydrogen-bond acceptors (Lipinski definition) is 4. The molecule has 0 saturated carbocycles. The van der Waals surface area contributed by atoms with Crippen LogP contribution in [0, 0.1) is 11.6 Å². The molecule has 9 heteroatoms. The zero-order valence-electron chi connectivity index (χ0n) is 9.04. The van der Waals surface area contributed by atoms with E-state index >= 15 is 0 Å². The first-order valence-corrected chi connectivity index (χ1v) is 6.94. The molecule has 0 aliphatic carbocycles. The summed E-state index contributed by atoms with van der Waals surface area (Å²) in [5.41, 5.74) is -0.808. The van der Waals surface area contributed by atoms with E-state index in [2.05, 4.69) is 4.74 Å². The van der Waals surface area contributed by atoms with E-state index in [9.17, 15) is 22.0 Å². The number of nitrogens with one attached hydrogen (secondary N) is 1. The van der Waals surface area contributed by atoms with Crippen molar-refractivity contribution in [2.24, 2.45) is 0 Å². The maximum Gasteiger partial charge on any atom is 0.411 e. The topological polar surface area (TPSA) is 72.5 Å². The lowest BCUT2D eigenvalue weighted by molar-refractivity contribution is 0.167. The third-order valence-corrected chi connectivity index (χ3v) is 3.13. The third kappa shape index (κ3) is 3.54. The van der Waals surface area contributed by atoms with Crippen LogP contribution < -0.4 is 5.32 Å². The maximum atomic E-state index is 13.4. The summed E-state index contributed by atoms with van der Waals surface area (Å²) in [6.07, 6.45) is -1.06. The molecule has 0 aromatic heterocycles. The zero-order chi connectivity index (χ0) is 13.9. The number of benzene rings is 1. The Bertz CT molecular complexity index is 553. The molecule has 0 spiro atoms. The molecule has 0 aliphatic heterocycles. The summed E-state index contributed by atoms with van der Waals surface area (Å²) in [7, 11) is 0.682. The van der Waals surface area contributed by atoms with Crippen LogP contribution in [0.25, 0.3) is 0 Å². The minimum absolute atomic E-state index is 0.0171. The number of carbonyl (C=O) groups is 1. The van der Waals surface area contributed by atoms with E-state index in [0.717, 1.165) is 0 Å². The normalized spacial score (nSPS) is 11.1. The summed E-state index contributed by atoms with van der Waals surface area (Å²) in [4.78, 5) is 10.2. The van der Waals surface area contributed by atoms with Gasteiger partial charge in [-0.1, -0.05) is 0 Å². The zero-order valence-corrected chi connectivity index (χ0v) is 10.6. The van der Waals surface area contributed by atoms with Crippen LogP contribution in [0.2, 0.25) is 0 Å². The predicted octanol–water partition coefficient (Wildman–Crippen LogP) is 2.46. The Kier molecular flexibility index (Phi) is 4.47. The molecule has 0 saturated heterocycles. The lowest BCUT2D eigenvalue weighted by Crippen LogP contribution is -2.15. The summed E-state index contributed by atoms with van der Waals surface area (Å²) < 4.78 is 53.0. The first kappa shape index (κ1) is 14.7. The highest BCUT2D eigenvalue weighted by Gasteiger charge is 2.19. The number of carbonyl (C=O) groups excluding carboxylic acids is 1. The number of ether oxygens (including phenoxy) is 1. The second kappa shape index (κ2) is 5.49. The average molecular weight is 300 g/mol. The van der Waals surface area contributed by atoms with Crippen molar-refractivity contribution in [3.63, 3.8) is 0 Å². The summed E-state index contributed by atoms with van der Waals surface area (Å²) in [5, 5.41) is 1.81. The monoisotopic (exact) mass is 299 g/mol. The third-order valence-electron chi connectivity index (χ3n) is 1.80. The summed E-state index contributed by atoms with van der Waals surface area (Å²) in [6.45, 7) is 1.53. The van der Waals surface area contributed by atoms with Gasteiger partial charge in [0.15, 0.2) is 11.6 Å². The molecule has 0 atom stereocenters. The van der Waals surface area contributed by atoms with Crippen molar-refractivity contribution in [3.8, 4) is 0 Å². The standard InChI is InChI=1S/C9H8ClF2NO4S/c1-2-17-9(14)13-8-6(11)3-5(4-7(8)12)18(10,15)16/h3-4H,2H2,1H3,(H,13,14). The molecule has 1 amide bonds. The average Bonchev–Trinajstić information content (AvgIpc) is 2.22. The Hall–Kier alpha value is -1.41. The molecule has 0 heterocycles. The van der Waals surface area contributed by atoms with Crippen LogP contribution in [0.1, 0.15) is 6.92 Å². The van der Waals surface area contributed by atoms with Gasteiger partial charge in [-0.05, 0) is 19.1 Å². The van der Waals surface area contributed by atoms with Crippen molar-refractivity contribution in [2.75, 3.05) is 11.9 Å². The van der Waals surface area contributed by atoms with Gasteiger partial charge >= 0.3 is 6.09 Å². The smallest absolute Gasteiger partial charge is 0.411 e. The number of hydrogen-bond donors (Lipinski definition) is 1. The molecule has 5 nitrogen and oxygen atoms in total. The maximum absolute atomic E-state index is 13.4. The van der Waals surface area contributed by atoms with Crippen LogP contribution in [0.15, 0.2) is 17.0 Å². The van der Waals surface area contributed by atoms with E-state index in [1.165, 1.54) is 6.92 Å². The summed E-state index contributed by atoms with van der Waals surface area (Å²) >= 11 is 0. The largest absolute Gasteiger partial charge is 0.450 e. The first-order valence-electron chi connectivity index (χ1n) is 4.63. The summed E-state index contributed by atoms with van der Waals surface area (Å²) in [5.74, 6) is -2.55. The van der Waals surface area contributed by atoms with Gasteiger partial charge in [0.25, 0.3) is 9.05 Å². The molecule has 0 fully saturated rings. The van der Waals surface area contributed by atoms with E-state index in [-0.39, 0.29) is 6.61 Å². The van der Waals surface area contributed by atoms with Gasteiger partial charge in [-0.25, -0.2) is 22.0 Å². The highest BCUT2D eigenvalue weighted by atomic mass is 35.7. The number of amides is 1. The van der Waals surface area contributed by atoms with Crippen molar-refractivity contribution in [3.05, 3.63) is 23.8 Å². The van der Waals surface area contributed by atoms with Crippen LogP contribution in [-0.4, -0.2) is 21.1 Å². The van der Waals surface area contributed by atoms with Gasteiger partial charge in [0.1, 0.15) is 5.69 Å². The molecule has 0 aliphatic rings. The Morgan fingerprint density at radius 2 is 1.89 bits per heavy atom. The predicted molar refractivity (Wildman–Crippen MR) is 60.0 cm³/mol. The second-order valence-corrected chi connectivity index (χ2v) is 5.61. The lowest BCUT2D eigenvalue weighted by Gasteiger charge is -2.08. The van der Waals surface area contributed by atoms with Crippen molar-refractivity contribution in [1.82, 2.24) is 0 Å². The van der Waals surface area contributed by atoms with Crippen LogP contribution in [0.3, 0.4) is 0 Å². The van der Waals surface area contributed by atoms with E-state index in [1.807, 2.05) is 5.32 Å². The van der Waals surface area contributed by atoms with Gasteiger partial charge in [-0.3, -0.25) is 5.32 Å². The van der Waals surface area contributed by atoms with Gasteiger partial charge in [-0.15, -0.1) is 0 Å². The number of anilines is 1. The van der Waals surface area contributed by atoms with Crippen LogP contribution in [0.4, 0.5) is 19.3 Å². The summed E-state index contributed by atoms with van der Waals surface area (Å²) in [6, 6.07) is 0.986. The molecular weight excluding hydrogens is 292 g/mol. The van der Waals surface area contributed by atoms with E-state index in [1.54, 1.807) is 0 Å². The van der Waals surface area contributed by atoms with Crippen molar-refractivity contribution in [2.45, 2.75) is 11.8 Å². The first-order chi connectivity index (χ1) is 8.25. The van der Waals surface area contributed by atoms with E-state index < -0.39 is 37.4 Å². The fourth-order valence-electron chi connectivity index (χ4n) is 1.08. The molecule has 1 rings (SSSR count). The van der Waals surface area contributed by atoms with Crippen LogP contribution >= 0.6 is 10.7 Å². The molecule has 1 aromatic rings. The minimum Gasteiger partial charge on any atom is -0.450 e. The lowest BCUT2D eigenvalue weighted by atomic mass is 10.3. The molecular formula is C9H8ClF2NO4S. The van der Waals surface area contributed by atoms with Gasteiger partial charge in [0.05, 0.1) is 11.5 Å². The Balaban J connectivity index is 3.13. The molecule has 18 heavy (non-hydrogen) atoms. The highest BCUT2D eigenvalue weighted by Crippen LogP contribution is 2.25. The Morgan fingerprint density at radius 3 is 2.28 bits per heavy atom. The number of halogens is 3. The van der Waals surface area contributed by atoms with Crippen molar-refractivity contribution < 1.29 is 26.7 Å². The molecule has 1 aromatic carbocycles. The molecule has 0 bridgehead atoms.